The number of rotatable bonds is 7. The van der Waals surface area contributed by atoms with Crippen LogP contribution in [-0.4, -0.2) is 98.7 Å². The third-order valence-electron chi connectivity index (χ3n) is 5.01. The van der Waals surface area contributed by atoms with Crippen molar-refractivity contribution in [2.24, 2.45) is 4.99 Å². The Hall–Kier alpha value is -1.34. The van der Waals surface area contributed by atoms with Crippen molar-refractivity contribution in [3.63, 3.8) is 0 Å². The van der Waals surface area contributed by atoms with Crippen LogP contribution in [0.15, 0.2) is 4.99 Å². The molecule has 2 fully saturated rings. The Morgan fingerprint density at radius 3 is 2.48 bits per heavy atom. The lowest BCUT2D eigenvalue weighted by Crippen LogP contribution is -2.55. The van der Waals surface area contributed by atoms with Gasteiger partial charge in [-0.2, -0.15) is 0 Å². The van der Waals surface area contributed by atoms with E-state index in [1.165, 1.54) is 6.42 Å². The summed E-state index contributed by atoms with van der Waals surface area (Å²) in [7, 11) is 1.83. The summed E-state index contributed by atoms with van der Waals surface area (Å²) in [5.41, 5.74) is 0. The molecule has 1 N–H and O–H groups in total. The Morgan fingerprint density at radius 1 is 1.20 bits per heavy atom. The van der Waals surface area contributed by atoms with Gasteiger partial charge in [0.25, 0.3) is 5.91 Å². The quantitative estimate of drug-likeness (QED) is 0.537. The number of aliphatic imine (C=N–C) groups is 1. The van der Waals surface area contributed by atoms with E-state index in [-0.39, 0.29) is 12.0 Å². The highest BCUT2D eigenvalue weighted by Gasteiger charge is 2.30. The van der Waals surface area contributed by atoms with Crippen molar-refractivity contribution in [2.75, 3.05) is 66.0 Å². The average Bonchev–Trinajstić information content (AvgIpc) is 3.18. The van der Waals surface area contributed by atoms with Crippen LogP contribution in [0.3, 0.4) is 0 Å². The van der Waals surface area contributed by atoms with Crippen LogP contribution in [0.1, 0.15) is 33.1 Å². The minimum absolute atomic E-state index is 0.165. The molecule has 0 saturated carbocycles. The normalized spacial score (nSPS) is 21.9. The predicted molar refractivity (Wildman–Crippen MR) is 101 cm³/mol. The monoisotopic (exact) mass is 353 g/mol. The average molecular weight is 354 g/mol. The molecule has 0 aromatic carbocycles. The molecule has 0 spiro atoms. The Balaban J connectivity index is 1.73. The summed E-state index contributed by atoms with van der Waals surface area (Å²) < 4.78 is 5.52. The van der Waals surface area contributed by atoms with Crippen LogP contribution in [0.5, 0.6) is 0 Å². The predicted octanol–water partition coefficient (Wildman–Crippen LogP) is 0.617. The van der Waals surface area contributed by atoms with Crippen molar-refractivity contribution in [1.29, 1.82) is 0 Å². The highest BCUT2D eigenvalue weighted by atomic mass is 16.5. The zero-order valence-electron chi connectivity index (χ0n) is 16.2. The molecule has 144 valence electrons. The summed E-state index contributed by atoms with van der Waals surface area (Å²) in [6.45, 7) is 12.4. The number of nitrogens with zero attached hydrogens (tertiary/aromatic N) is 4. The van der Waals surface area contributed by atoms with Gasteiger partial charge in [0.15, 0.2) is 5.96 Å². The van der Waals surface area contributed by atoms with E-state index in [4.69, 9.17) is 4.74 Å². The first-order valence-electron chi connectivity index (χ1n) is 9.77. The summed E-state index contributed by atoms with van der Waals surface area (Å²) in [5, 5.41) is 3.47. The molecular formula is C18H35N5O2. The van der Waals surface area contributed by atoms with Crippen LogP contribution < -0.4 is 5.32 Å². The van der Waals surface area contributed by atoms with Gasteiger partial charge in [0, 0.05) is 52.9 Å². The first kappa shape index (κ1) is 20.0. The smallest absolute Gasteiger partial charge is 0.251 e. The number of carbonyl (C=O) groups is 1. The van der Waals surface area contributed by atoms with Crippen LogP contribution in [0.25, 0.3) is 0 Å². The van der Waals surface area contributed by atoms with Crippen LogP contribution in [0.2, 0.25) is 0 Å². The topological polar surface area (TPSA) is 60.4 Å². The summed E-state index contributed by atoms with van der Waals surface area (Å²) >= 11 is 0. The number of guanidine groups is 1. The van der Waals surface area contributed by atoms with Gasteiger partial charge >= 0.3 is 0 Å². The van der Waals surface area contributed by atoms with E-state index in [2.05, 4.69) is 34.0 Å². The molecule has 2 saturated heterocycles. The minimum Gasteiger partial charge on any atom is -0.368 e. The van der Waals surface area contributed by atoms with E-state index in [0.717, 1.165) is 77.8 Å². The van der Waals surface area contributed by atoms with E-state index in [1.54, 1.807) is 0 Å². The maximum atomic E-state index is 12.4. The molecule has 1 unspecified atom stereocenters. The SMILES string of the molecule is CCCN(CC)CCNC(=NC)N1CCN(C(=O)C2CCCO2)CC1. The molecule has 2 heterocycles. The fourth-order valence-corrected chi connectivity index (χ4v) is 3.52. The fraction of sp³-hybridized carbons (Fsp3) is 0.889. The summed E-state index contributed by atoms with van der Waals surface area (Å²) in [4.78, 5) is 23.5. The highest BCUT2D eigenvalue weighted by molar-refractivity contribution is 5.82. The standard InChI is InChI=1S/C18H35N5O2/c1-4-9-21(5-2)10-8-20-18(19-3)23-13-11-22(12-14-23)17(24)16-7-6-15-25-16/h16H,4-15H2,1-3H3,(H,19,20). The van der Waals surface area contributed by atoms with E-state index in [1.807, 2.05) is 11.9 Å². The maximum absolute atomic E-state index is 12.4. The van der Waals surface area contributed by atoms with Crippen molar-refractivity contribution >= 4 is 11.9 Å². The zero-order chi connectivity index (χ0) is 18.1. The summed E-state index contributed by atoms with van der Waals surface area (Å²) in [5.74, 6) is 1.11. The molecule has 0 aromatic heterocycles. The van der Waals surface area contributed by atoms with Gasteiger partial charge in [0.2, 0.25) is 0 Å². The molecule has 1 atom stereocenters. The second-order valence-corrected chi connectivity index (χ2v) is 6.72. The number of ether oxygens (including phenoxy) is 1. The lowest BCUT2D eigenvalue weighted by Gasteiger charge is -2.37. The third-order valence-corrected chi connectivity index (χ3v) is 5.01. The van der Waals surface area contributed by atoms with Gasteiger partial charge in [0.05, 0.1) is 0 Å². The first-order chi connectivity index (χ1) is 12.2. The number of hydrogen-bond donors (Lipinski definition) is 1. The van der Waals surface area contributed by atoms with E-state index in [0.29, 0.717) is 0 Å². The molecule has 25 heavy (non-hydrogen) atoms. The molecule has 1 amide bonds. The molecule has 0 aromatic rings. The molecule has 0 aliphatic carbocycles. The van der Waals surface area contributed by atoms with E-state index in [9.17, 15) is 4.79 Å². The number of nitrogens with one attached hydrogen (secondary N) is 1. The van der Waals surface area contributed by atoms with Crippen molar-refractivity contribution in [1.82, 2.24) is 20.0 Å². The van der Waals surface area contributed by atoms with Crippen LogP contribution in [0.4, 0.5) is 0 Å². The Labute approximate surface area is 152 Å². The molecule has 0 bridgehead atoms. The number of likely N-dealkylation sites (N-methyl/N-ethyl adjacent to an activating group) is 1. The van der Waals surface area contributed by atoms with Crippen molar-refractivity contribution in [3.05, 3.63) is 0 Å². The lowest BCUT2D eigenvalue weighted by atomic mass is 10.2. The van der Waals surface area contributed by atoms with Gasteiger partial charge in [-0.05, 0) is 32.4 Å². The Morgan fingerprint density at radius 2 is 1.92 bits per heavy atom. The van der Waals surface area contributed by atoms with Gasteiger partial charge in [0.1, 0.15) is 6.10 Å². The second kappa shape index (κ2) is 10.6. The molecular weight excluding hydrogens is 318 g/mol. The number of piperazine rings is 1. The maximum Gasteiger partial charge on any atom is 0.251 e. The first-order valence-corrected chi connectivity index (χ1v) is 9.77. The second-order valence-electron chi connectivity index (χ2n) is 6.72. The molecule has 0 radical (unpaired) electrons. The number of amides is 1. The number of carbonyl (C=O) groups excluding carboxylic acids is 1. The molecule has 2 rings (SSSR count). The van der Waals surface area contributed by atoms with Crippen molar-refractivity contribution in [3.8, 4) is 0 Å². The highest BCUT2D eigenvalue weighted by Crippen LogP contribution is 2.16. The molecule has 2 aliphatic heterocycles. The van der Waals surface area contributed by atoms with E-state index >= 15 is 0 Å². The van der Waals surface area contributed by atoms with Crippen LogP contribution in [0, 0.1) is 0 Å². The molecule has 2 aliphatic rings. The van der Waals surface area contributed by atoms with Gasteiger partial charge in [-0.3, -0.25) is 9.79 Å². The largest absolute Gasteiger partial charge is 0.368 e. The lowest BCUT2D eigenvalue weighted by molar-refractivity contribution is -0.142. The van der Waals surface area contributed by atoms with Crippen LogP contribution in [-0.2, 0) is 9.53 Å². The van der Waals surface area contributed by atoms with Gasteiger partial charge < -0.3 is 24.8 Å². The van der Waals surface area contributed by atoms with E-state index < -0.39 is 0 Å². The fourth-order valence-electron chi connectivity index (χ4n) is 3.52. The Kier molecular flexibility index (Phi) is 8.48. The third kappa shape index (κ3) is 5.85. The van der Waals surface area contributed by atoms with Crippen molar-refractivity contribution < 1.29 is 9.53 Å². The Bertz CT molecular complexity index is 429. The molecule has 7 nitrogen and oxygen atoms in total. The molecule has 7 heteroatoms. The van der Waals surface area contributed by atoms with Crippen molar-refractivity contribution in [2.45, 2.75) is 39.2 Å². The summed E-state index contributed by atoms with van der Waals surface area (Å²) in [6.07, 6.45) is 2.85. The van der Waals surface area contributed by atoms with Gasteiger partial charge in [-0.25, -0.2) is 0 Å². The minimum atomic E-state index is -0.206. The summed E-state index contributed by atoms with van der Waals surface area (Å²) in [6, 6.07) is 0. The van der Waals surface area contributed by atoms with Gasteiger partial charge in [-0.1, -0.05) is 13.8 Å². The number of hydrogen-bond acceptors (Lipinski definition) is 4. The zero-order valence-corrected chi connectivity index (χ0v) is 16.2. The van der Waals surface area contributed by atoms with Gasteiger partial charge in [-0.15, -0.1) is 0 Å². The van der Waals surface area contributed by atoms with Crippen LogP contribution >= 0.6 is 0 Å².